The first-order chi connectivity index (χ1) is 7.43. The van der Waals surface area contributed by atoms with E-state index in [2.05, 4.69) is 0 Å². The largest absolute Gasteiger partial charge is 0.327 e. The van der Waals surface area contributed by atoms with Crippen LogP contribution in [0.2, 0.25) is 0 Å². The first-order valence-electron chi connectivity index (χ1n) is 5.13. The van der Waals surface area contributed by atoms with E-state index in [0.717, 1.165) is 0 Å². The summed E-state index contributed by atoms with van der Waals surface area (Å²) in [6, 6.07) is 5.26. The van der Waals surface area contributed by atoms with Gasteiger partial charge in [-0.3, -0.25) is 0 Å². The van der Waals surface area contributed by atoms with E-state index in [-0.39, 0.29) is 17.5 Å². The summed E-state index contributed by atoms with van der Waals surface area (Å²) in [7, 11) is -3.25. The van der Waals surface area contributed by atoms with Gasteiger partial charge in [0, 0.05) is 6.04 Å². The van der Waals surface area contributed by atoms with E-state index in [0.29, 0.717) is 12.0 Å². The van der Waals surface area contributed by atoms with Gasteiger partial charge in [0.1, 0.15) is 5.82 Å². The molecule has 1 rings (SSSR count). The van der Waals surface area contributed by atoms with Gasteiger partial charge in [-0.05, 0) is 24.1 Å². The SMILES string of the molecule is CCC(N)CS(=O)(=O)Cc1cccc(F)c1. The molecule has 1 unspecified atom stereocenters. The summed E-state index contributed by atoms with van der Waals surface area (Å²) in [5.74, 6) is -0.633. The Morgan fingerprint density at radius 1 is 1.44 bits per heavy atom. The van der Waals surface area contributed by atoms with Crippen LogP contribution in [0.5, 0.6) is 0 Å². The van der Waals surface area contributed by atoms with Crippen molar-refractivity contribution in [1.29, 1.82) is 0 Å². The van der Waals surface area contributed by atoms with Gasteiger partial charge >= 0.3 is 0 Å². The zero-order valence-corrected chi connectivity index (χ0v) is 10.0. The summed E-state index contributed by atoms with van der Waals surface area (Å²) < 4.78 is 36.2. The predicted octanol–water partition coefficient (Wildman–Crippen LogP) is 1.48. The Morgan fingerprint density at radius 2 is 2.12 bits per heavy atom. The van der Waals surface area contributed by atoms with E-state index in [1.54, 1.807) is 6.07 Å². The molecule has 90 valence electrons. The highest BCUT2D eigenvalue weighted by atomic mass is 32.2. The highest BCUT2D eigenvalue weighted by Crippen LogP contribution is 2.09. The molecule has 0 aromatic heterocycles. The second kappa shape index (κ2) is 5.41. The molecule has 0 aliphatic carbocycles. The smallest absolute Gasteiger partial charge is 0.155 e. The second-order valence-corrected chi connectivity index (χ2v) is 5.96. The molecule has 0 heterocycles. The van der Waals surface area contributed by atoms with Crippen LogP contribution in [0.3, 0.4) is 0 Å². The summed E-state index contributed by atoms with van der Waals surface area (Å²) >= 11 is 0. The summed E-state index contributed by atoms with van der Waals surface area (Å²) in [4.78, 5) is 0. The molecule has 0 radical (unpaired) electrons. The number of rotatable bonds is 5. The molecule has 0 aliphatic heterocycles. The third-order valence-electron chi connectivity index (χ3n) is 2.27. The van der Waals surface area contributed by atoms with Crippen LogP contribution < -0.4 is 5.73 Å². The number of hydrogen-bond acceptors (Lipinski definition) is 3. The average Bonchev–Trinajstić information content (AvgIpc) is 2.15. The number of nitrogens with two attached hydrogens (primary N) is 1. The second-order valence-electron chi connectivity index (χ2n) is 3.85. The van der Waals surface area contributed by atoms with E-state index in [4.69, 9.17) is 5.73 Å². The quantitative estimate of drug-likeness (QED) is 0.854. The average molecular weight is 245 g/mol. The van der Waals surface area contributed by atoms with Gasteiger partial charge in [0.2, 0.25) is 0 Å². The molecule has 1 aromatic rings. The molecule has 5 heteroatoms. The maximum absolute atomic E-state index is 12.9. The molecule has 16 heavy (non-hydrogen) atoms. The zero-order chi connectivity index (χ0) is 12.2. The molecular formula is C11H16FNO2S. The van der Waals surface area contributed by atoms with Crippen LogP contribution >= 0.6 is 0 Å². The molecule has 0 aliphatic rings. The van der Waals surface area contributed by atoms with Crippen molar-refractivity contribution >= 4 is 9.84 Å². The first kappa shape index (κ1) is 13.1. The van der Waals surface area contributed by atoms with Gasteiger partial charge in [-0.1, -0.05) is 19.1 Å². The number of benzene rings is 1. The molecule has 2 N–H and O–H groups in total. The Bertz CT molecular complexity index is 445. The molecule has 1 atom stereocenters. The van der Waals surface area contributed by atoms with E-state index >= 15 is 0 Å². The van der Waals surface area contributed by atoms with Crippen LogP contribution in [0.25, 0.3) is 0 Å². The highest BCUT2D eigenvalue weighted by Gasteiger charge is 2.16. The third kappa shape index (κ3) is 4.28. The van der Waals surface area contributed by atoms with Gasteiger partial charge < -0.3 is 5.73 Å². The van der Waals surface area contributed by atoms with Crippen molar-refractivity contribution in [3.63, 3.8) is 0 Å². The number of sulfone groups is 1. The Kier molecular flexibility index (Phi) is 4.44. The molecule has 0 fully saturated rings. The van der Waals surface area contributed by atoms with Crippen LogP contribution in [0.15, 0.2) is 24.3 Å². The fourth-order valence-electron chi connectivity index (χ4n) is 1.38. The molecule has 0 amide bonds. The highest BCUT2D eigenvalue weighted by molar-refractivity contribution is 7.90. The number of hydrogen-bond donors (Lipinski definition) is 1. The standard InChI is InChI=1S/C11H16FNO2S/c1-2-11(13)8-16(14,15)7-9-4-3-5-10(12)6-9/h3-6,11H,2,7-8,13H2,1H3. The first-order valence-corrected chi connectivity index (χ1v) is 6.95. The molecule has 0 saturated heterocycles. The van der Waals surface area contributed by atoms with Crippen molar-refractivity contribution < 1.29 is 12.8 Å². The maximum atomic E-state index is 12.9. The minimum atomic E-state index is -3.25. The van der Waals surface area contributed by atoms with Gasteiger partial charge in [-0.2, -0.15) is 0 Å². The van der Waals surface area contributed by atoms with Crippen molar-refractivity contribution in [2.45, 2.75) is 25.1 Å². The molecule has 0 bridgehead atoms. The van der Waals surface area contributed by atoms with Crippen LogP contribution in [-0.2, 0) is 15.6 Å². The van der Waals surface area contributed by atoms with Gasteiger partial charge in [0.05, 0.1) is 11.5 Å². The lowest BCUT2D eigenvalue weighted by atomic mass is 10.2. The summed E-state index contributed by atoms with van der Waals surface area (Å²) in [6.45, 7) is 1.84. The van der Waals surface area contributed by atoms with Gasteiger partial charge in [-0.25, -0.2) is 12.8 Å². The fourth-order valence-corrected chi connectivity index (χ4v) is 3.08. The number of halogens is 1. The van der Waals surface area contributed by atoms with Gasteiger partial charge in [0.25, 0.3) is 0 Å². The minimum Gasteiger partial charge on any atom is -0.327 e. The van der Waals surface area contributed by atoms with E-state index in [1.807, 2.05) is 6.92 Å². The van der Waals surface area contributed by atoms with Crippen LogP contribution in [-0.4, -0.2) is 20.2 Å². The van der Waals surface area contributed by atoms with Gasteiger partial charge in [-0.15, -0.1) is 0 Å². The van der Waals surface area contributed by atoms with Crippen molar-refractivity contribution in [3.05, 3.63) is 35.6 Å². The van der Waals surface area contributed by atoms with Gasteiger partial charge in [0.15, 0.2) is 9.84 Å². The molecule has 0 spiro atoms. The van der Waals surface area contributed by atoms with Crippen molar-refractivity contribution in [2.75, 3.05) is 5.75 Å². The predicted molar refractivity (Wildman–Crippen MR) is 62.2 cm³/mol. The Morgan fingerprint density at radius 3 is 2.69 bits per heavy atom. The van der Waals surface area contributed by atoms with E-state index in [1.165, 1.54) is 18.2 Å². The topological polar surface area (TPSA) is 60.2 Å². The maximum Gasteiger partial charge on any atom is 0.155 e. The monoisotopic (exact) mass is 245 g/mol. The molecular weight excluding hydrogens is 229 g/mol. The minimum absolute atomic E-state index is 0.0555. The van der Waals surface area contributed by atoms with Crippen molar-refractivity contribution in [2.24, 2.45) is 5.73 Å². The fraction of sp³-hybridized carbons (Fsp3) is 0.455. The lowest BCUT2D eigenvalue weighted by molar-refractivity contribution is 0.582. The van der Waals surface area contributed by atoms with E-state index < -0.39 is 15.7 Å². The Labute approximate surface area is 95.4 Å². The lowest BCUT2D eigenvalue weighted by Gasteiger charge is -2.09. The van der Waals surface area contributed by atoms with Crippen LogP contribution in [0, 0.1) is 5.82 Å². The lowest BCUT2D eigenvalue weighted by Crippen LogP contribution is -2.29. The molecule has 0 saturated carbocycles. The summed E-state index contributed by atoms with van der Waals surface area (Å²) in [5, 5.41) is 0. The Balaban J connectivity index is 2.73. The van der Waals surface area contributed by atoms with Crippen molar-refractivity contribution in [3.8, 4) is 0 Å². The van der Waals surface area contributed by atoms with Crippen molar-refractivity contribution in [1.82, 2.24) is 0 Å². The van der Waals surface area contributed by atoms with Crippen LogP contribution in [0.1, 0.15) is 18.9 Å². The third-order valence-corrected chi connectivity index (χ3v) is 3.98. The van der Waals surface area contributed by atoms with E-state index in [9.17, 15) is 12.8 Å². The summed E-state index contributed by atoms with van der Waals surface area (Å²) in [5.41, 5.74) is 6.05. The molecule has 1 aromatic carbocycles. The van der Waals surface area contributed by atoms with Crippen LogP contribution in [0.4, 0.5) is 4.39 Å². The Hall–Kier alpha value is -0.940. The zero-order valence-electron chi connectivity index (χ0n) is 9.19. The normalized spacial score (nSPS) is 13.7. The summed E-state index contributed by atoms with van der Waals surface area (Å²) in [6.07, 6.45) is 0.613. The molecule has 3 nitrogen and oxygen atoms in total.